The summed E-state index contributed by atoms with van der Waals surface area (Å²) < 4.78 is 5.02. The molecule has 0 radical (unpaired) electrons. The van der Waals surface area contributed by atoms with Crippen molar-refractivity contribution in [3.8, 4) is 0 Å². The van der Waals surface area contributed by atoms with Gasteiger partial charge < -0.3 is 25.0 Å². The van der Waals surface area contributed by atoms with Crippen molar-refractivity contribution < 1.29 is 29.0 Å². The van der Waals surface area contributed by atoms with Crippen LogP contribution < -0.4 is 5.32 Å². The van der Waals surface area contributed by atoms with Crippen molar-refractivity contribution in [3.05, 3.63) is 29.8 Å². The third kappa shape index (κ3) is 5.53. The fourth-order valence-corrected chi connectivity index (χ4v) is 4.14. The molecule has 168 valence electrons. The maximum Gasteiger partial charge on any atom is 0.409 e. The molecule has 2 atom stereocenters. The molecular weight excluding hydrogens is 402 g/mol. The molecule has 2 saturated heterocycles. The van der Waals surface area contributed by atoms with Crippen molar-refractivity contribution in [2.24, 2.45) is 5.92 Å². The minimum Gasteiger partial charge on any atom is -0.480 e. The van der Waals surface area contributed by atoms with Crippen LogP contribution in [0.3, 0.4) is 0 Å². The van der Waals surface area contributed by atoms with Crippen molar-refractivity contribution in [1.29, 1.82) is 0 Å². The van der Waals surface area contributed by atoms with Crippen molar-refractivity contribution >= 4 is 29.6 Å². The fraction of sp³-hybridized carbons (Fsp3) is 0.545. The molecule has 1 aromatic carbocycles. The number of carboxylic acids is 1. The highest BCUT2D eigenvalue weighted by molar-refractivity contribution is 5.99. The first kappa shape index (κ1) is 22.6. The molecule has 2 heterocycles. The zero-order valence-corrected chi connectivity index (χ0v) is 17.7. The highest BCUT2D eigenvalue weighted by Gasteiger charge is 2.33. The van der Waals surface area contributed by atoms with Crippen molar-refractivity contribution in [2.75, 3.05) is 31.6 Å². The molecule has 0 aliphatic carbocycles. The third-order valence-electron chi connectivity index (χ3n) is 5.74. The molecule has 0 unspecified atom stereocenters. The monoisotopic (exact) mass is 431 g/mol. The summed E-state index contributed by atoms with van der Waals surface area (Å²) in [6, 6.07) is 5.71. The van der Waals surface area contributed by atoms with Crippen molar-refractivity contribution in [2.45, 2.75) is 45.1 Å². The number of aliphatic carboxylic acids is 1. The number of ether oxygens (including phenoxy) is 1. The van der Waals surface area contributed by atoms with Crippen LogP contribution in [0.1, 0.15) is 49.4 Å². The number of hydrogen-bond donors (Lipinski definition) is 2. The molecule has 3 rings (SSSR count). The Balaban J connectivity index is 1.66. The SMILES string of the molecule is CCOC(=O)N1CCC[C@@H](C(=O)Nc2cccc(C(=O)N3CCCC[C@@H]3C(=O)O)c2)C1. The number of rotatable bonds is 5. The van der Waals surface area contributed by atoms with Gasteiger partial charge in [0.1, 0.15) is 6.04 Å². The minimum absolute atomic E-state index is 0.222. The van der Waals surface area contributed by atoms with Gasteiger partial charge in [-0.3, -0.25) is 9.59 Å². The molecular formula is C22H29N3O6. The van der Waals surface area contributed by atoms with Gasteiger partial charge in [0, 0.05) is 30.9 Å². The van der Waals surface area contributed by atoms with E-state index in [1.807, 2.05) is 0 Å². The van der Waals surface area contributed by atoms with E-state index in [2.05, 4.69) is 5.32 Å². The number of carbonyl (C=O) groups excluding carboxylic acids is 3. The lowest BCUT2D eigenvalue weighted by molar-refractivity contribution is -0.143. The quantitative estimate of drug-likeness (QED) is 0.740. The highest BCUT2D eigenvalue weighted by Crippen LogP contribution is 2.23. The van der Waals surface area contributed by atoms with Crippen LogP contribution in [-0.2, 0) is 14.3 Å². The van der Waals surface area contributed by atoms with Gasteiger partial charge in [-0.1, -0.05) is 6.07 Å². The van der Waals surface area contributed by atoms with Crippen LogP contribution in [0.2, 0.25) is 0 Å². The fourth-order valence-electron chi connectivity index (χ4n) is 4.14. The van der Waals surface area contributed by atoms with Crippen LogP contribution >= 0.6 is 0 Å². The van der Waals surface area contributed by atoms with Crippen LogP contribution in [0.5, 0.6) is 0 Å². The first-order chi connectivity index (χ1) is 14.9. The first-order valence-electron chi connectivity index (χ1n) is 10.8. The number of nitrogens with one attached hydrogen (secondary N) is 1. The van der Waals surface area contributed by atoms with Crippen LogP contribution in [-0.4, -0.2) is 71.1 Å². The predicted molar refractivity (Wildman–Crippen MR) is 113 cm³/mol. The van der Waals surface area contributed by atoms with Crippen molar-refractivity contribution in [3.63, 3.8) is 0 Å². The second-order valence-corrected chi connectivity index (χ2v) is 7.90. The largest absolute Gasteiger partial charge is 0.480 e. The van der Waals surface area contributed by atoms with E-state index in [1.54, 1.807) is 36.1 Å². The topological polar surface area (TPSA) is 116 Å². The van der Waals surface area contributed by atoms with E-state index < -0.39 is 18.1 Å². The number of carbonyl (C=O) groups is 4. The average Bonchev–Trinajstić information content (AvgIpc) is 2.79. The summed E-state index contributed by atoms with van der Waals surface area (Å²) in [7, 11) is 0. The number of nitrogens with zero attached hydrogens (tertiary/aromatic N) is 2. The van der Waals surface area contributed by atoms with E-state index in [-0.39, 0.29) is 30.9 Å². The zero-order valence-electron chi connectivity index (χ0n) is 17.7. The van der Waals surface area contributed by atoms with Crippen LogP contribution in [0.25, 0.3) is 0 Å². The number of carboxylic acid groups (broad SMARTS) is 1. The average molecular weight is 431 g/mol. The lowest BCUT2D eigenvalue weighted by Gasteiger charge is -2.33. The normalized spacial score (nSPS) is 21.3. The second-order valence-electron chi connectivity index (χ2n) is 7.90. The summed E-state index contributed by atoms with van der Waals surface area (Å²) in [5, 5.41) is 12.3. The van der Waals surface area contributed by atoms with Gasteiger partial charge in [-0.05, 0) is 57.2 Å². The maximum absolute atomic E-state index is 12.9. The van der Waals surface area contributed by atoms with Crippen molar-refractivity contribution in [1.82, 2.24) is 9.80 Å². The third-order valence-corrected chi connectivity index (χ3v) is 5.74. The van der Waals surface area contributed by atoms with Gasteiger partial charge >= 0.3 is 12.1 Å². The molecule has 3 amide bonds. The number of anilines is 1. The molecule has 9 nitrogen and oxygen atoms in total. The van der Waals surface area contributed by atoms with Gasteiger partial charge in [0.2, 0.25) is 5.91 Å². The van der Waals surface area contributed by atoms with Gasteiger partial charge in [0.15, 0.2) is 0 Å². The van der Waals surface area contributed by atoms with Crippen LogP contribution in [0, 0.1) is 5.92 Å². The standard InChI is InChI=1S/C22H29N3O6/c1-2-31-22(30)24-11-6-8-16(14-24)19(26)23-17-9-5-7-15(13-17)20(27)25-12-4-3-10-18(25)21(28)29/h5,7,9,13,16,18H,2-4,6,8,10-12,14H2,1H3,(H,23,26)(H,28,29)/t16-,18-/m1/s1. The van der Waals surface area contributed by atoms with E-state index in [1.165, 1.54) is 4.90 Å². The van der Waals surface area contributed by atoms with Crippen LogP contribution in [0.4, 0.5) is 10.5 Å². The number of hydrogen-bond acceptors (Lipinski definition) is 5. The highest BCUT2D eigenvalue weighted by atomic mass is 16.6. The summed E-state index contributed by atoms with van der Waals surface area (Å²) in [6.07, 6.45) is 2.94. The number of likely N-dealkylation sites (tertiary alicyclic amines) is 2. The molecule has 2 N–H and O–H groups in total. The number of piperidine rings is 2. The Morgan fingerprint density at radius 1 is 1.13 bits per heavy atom. The Morgan fingerprint density at radius 2 is 1.94 bits per heavy atom. The van der Waals surface area contributed by atoms with E-state index in [0.717, 1.165) is 12.8 Å². The smallest absolute Gasteiger partial charge is 0.409 e. The second kappa shape index (κ2) is 10.3. The Kier molecular flexibility index (Phi) is 7.49. The zero-order chi connectivity index (χ0) is 22.4. The first-order valence-corrected chi connectivity index (χ1v) is 10.8. The Labute approximate surface area is 181 Å². The van der Waals surface area contributed by atoms with E-state index in [4.69, 9.17) is 4.74 Å². The summed E-state index contributed by atoms with van der Waals surface area (Å²) in [5.74, 6) is -1.94. The summed E-state index contributed by atoms with van der Waals surface area (Å²) in [5.41, 5.74) is 0.802. The lowest BCUT2D eigenvalue weighted by Crippen LogP contribution is -2.48. The Hall–Kier alpha value is -3.10. The van der Waals surface area contributed by atoms with Gasteiger partial charge in [-0.2, -0.15) is 0 Å². The summed E-state index contributed by atoms with van der Waals surface area (Å²) in [4.78, 5) is 52.1. The molecule has 2 aliphatic rings. The van der Waals surface area contributed by atoms with Gasteiger partial charge in [-0.25, -0.2) is 9.59 Å². The summed E-state index contributed by atoms with van der Waals surface area (Å²) >= 11 is 0. The number of amides is 3. The Morgan fingerprint density at radius 3 is 2.68 bits per heavy atom. The molecule has 1 aromatic rings. The van der Waals surface area contributed by atoms with E-state index in [9.17, 15) is 24.3 Å². The molecule has 0 aromatic heterocycles. The molecule has 0 spiro atoms. The summed E-state index contributed by atoms with van der Waals surface area (Å²) in [6.45, 7) is 3.28. The lowest BCUT2D eigenvalue weighted by atomic mass is 9.97. The molecule has 31 heavy (non-hydrogen) atoms. The maximum atomic E-state index is 12.9. The van der Waals surface area contributed by atoms with Gasteiger partial charge in [-0.15, -0.1) is 0 Å². The van der Waals surface area contributed by atoms with Gasteiger partial charge in [0.25, 0.3) is 5.91 Å². The molecule has 2 fully saturated rings. The predicted octanol–water partition coefficient (Wildman–Crippen LogP) is 2.57. The molecule has 2 aliphatic heterocycles. The minimum atomic E-state index is -0.999. The number of benzene rings is 1. The van der Waals surface area contributed by atoms with Crippen LogP contribution in [0.15, 0.2) is 24.3 Å². The molecule has 0 bridgehead atoms. The van der Waals surface area contributed by atoms with E-state index >= 15 is 0 Å². The molecule has 0 saturated carbocycles. The van der Waals surface area contributed by atoms with Gasteiger partial charge in [0.05, 0.1) is 12.5 Å². The Bertz CT molecular complexity index is 842. The molecule has 9 heteroatoms. The van der Waals surface area contributed by atoms with E-state index in [0.29, 0.717) is 43.6 Å².